The number of hydrogen-bond acceptors (Lipinski definition) is 3. The van der Waals surface area contributed by atoms with Crippen LogP contribution in [0.5, 0.6) is 5.75 Å². The van der Waals surface area contributed by atoms with Crippen LogP contribution < -0.4 is 15.4 Å². The molecule has 106 valence electrons. The molecule has 20 heavy (non-hydrogen) atoms. The number of thiocarbonyl (C=S) groups is 1. The highest BCUT2D eigenvalue weighted by atomic mass is 32.1. The van der Waals surface area contributed by atoms with Crippen LogP contribution in [0.4, 0.5) is 0 Å². The van der Waals surface area contributed by atoms with Crippen LogP contribution in [-0.2, 0) is 6.54 Å². The fourth-order valence-electron chi connectivity index (χ4n) is 1.82. The Hall–Kier alpha value is -2.01. The normalized spacial score (nSPS) is 11.7. The van der Waals surface area contributed by atoms with Crippen LogP contribution in [0.3, 0.4) is 0 Å². The molecule has 0 bridgehead atoms. The summed E-state index contributed by atoms with van der Waals surface area (Å²) in [5.74, 6) is 1.69. The lowest BCUT2D eigenvalue weighted by atomic mass is 10.1. The molecular formula is C15H18N2O2S. The third-order valence-electron chi connectivity index (χ3n) is 2.94. The van der Waals surface area contributed by atoms with Crippen molar-refractivity contribution < 1.29 is 9.15 Å². The van der Waals surface area contributed by atoms with E-state index in [1.54, 1.807) is 13.4 Å². The first kappa shape index (κ1) is 14.4. The zero-order valence-electron chi connectivity index (χ0n) is 11.6. The smallest absolute Gasteiger partial charge is 0.167 e. The predicted octanol–water partition coefficient (Wildman–Crippen LogP) is 3.01. The summed E-state index contributed by atoms with van der Waals surface area (Å²) in [6.07, 6.45) is 1.65. The van der Waals surface area contributed by atoms with E-state index in [2.05, 4.69) is 17.6 Å². The Morgan fingerprint density at radius 3 is 2.90 bits per heavy atom. The highest BCUT2D eigenvalue weighted by Crippen LogP contribution is 2.18. The summed E-state index contributed by atoms with van der Waals surface area (Å²) in [5.41, 5.74) is 1.12. The van der Waals surface area contributed by atoms with Gasteiger partial charge in [-0.15, -0.1) is 0 Å². The number of methoxy groups -OCH3 is 1. The molecule has 0 fully saturated rings. The maximum atomic E-state index is 5.27. The summed E-state index contributed by atoms with van der Waals surface area (Å²) in [4.78, 5) is 0. The van der Waals surface area contributed by atoms with E-state index in [0.717, 1.165) is 17.1 Å². The molecule has 2 rings (SSSR count). The number of nitrogens with one attached hydrogen (secondary N) is 2. The molecule has 0 radical (unpaired) electrons. The van der Waals surface area contributed by atoms with Crippen LogP contribution in [0, 0.1) is 0 Å². The zero-order chi connectivity index (χ0) is 14.4. The maximum absolute atomic E-state index is 5.27. The van der Waals surface area contributed by atoms with Gasteiger partial charge < -0.3 is 19.8 Å². The minimum atomic E-state index is 0.0988. The molecule has 0 amide bonds. The number of rotatable bonds is 5. The van der Waals surface area contributed by atoms with Gasteiger partial charge in [-0.25, -0.2) is 0 Å². The average molecular weight is 290 g/mol. The molecule has 0 aliphatic heterocycles. The summed E-state index contributed by atoms with van der Waals surface area (Å²) in [5, 5.41) is 6.94. The number of ether oxygens (including phenoxy) is 1. The molecule has 0 aliphatic rings. The molecule has 0 saturated carbocycles. The summed E-state index contributed by atoms with van der Waals surface area (Å²) in [7, 11) is 1.66. The van der Waals surface area contributed by atoms with E-state index in [4.69, 9.17) is 21.4 Å². The van der Waals surface area contributed by atoms with E-state index in [0.29, 0.717) is 11.7 Å². The minimum absolute atomic E-state index is 0.0988. The summed E-state index contributed by atoms with van der Waals surface area (Å²) in [6, 6.07) is 11.8. The van der Waals surface area contributed by atoms with Gasteiger partial charge in [0.1, 0.15) is 11.5 Å². The molecule has 1 unspecified atom stereocenters. The van der Waals surface area contributed by atoms with Crippen LogP contribution in [-0.4, -0.2) is 12.2 Å². The quantitative estimate of drug-likeness (QED) is 0.829. The van der Waals surface area contributed by atoms with Gasteiger partial charge in [-0.05, 0) is 49.0 Å². The van der Waals surface area contributed by atoms with E-state index in [-0.39, 0.29) is 6.04 Å². The van der Waals surface area contributed by atoms with Gasteiger partial charge in [-0.3, -0.25) is 0 Å². The first-order valence-corrected chi connectivity index (χ1v) is 6.80. The van der Waals surface area contributed by atoms with E-state index in [9.17, 15) is 0 Å². The molecule has 1 aromatic carbocycles. The topological polar surface area (TPSA) is 46.4 Å². The van der Waals surface area contributed by atoms with Crippen molar-refractivity contribution in [2.75, 3.05) is 7.11 Å². The summed E-state index contributed by atoms with van der Waals surface area (Å²) >= 11 is 5.27. The van der Waals surface area contributed by atoms with Gasteiger partial charge in [0, 0.05) is 0 Å². The summed E-state index contributed by atoms with van der Waals surface area (Å²) in [6.45, 7) is 2.62. The van der Waals surface area contributed by atoms with Crippen molar-refractivity contribution in [3.8, 4) is 5.75 Å². The fourth-order valence-corrected chi connectivity index (χ4v) is 2.07. The fraction of sp³-hybridized carbons (Fsp3) is 0.267. The monoisotopic (exact) mass is 290 g/mol. The highest BCUT2D eigenvalue weighted by Gasteiger charge is 2.08. The highest BCUT2D eigenvalue weighted by molar-refractivity contribution is 7.80. The second kappa shape index (κ2) is 6.96. The predicted molar refractivity (Wildman–Crippen MR) is 82.7 cm³/mol. The Morgan fingerprint density at radius 2 is 2.20 bits per heavy atom. The molecule has 4 nitrogen and oxygen atoms in total. The van der Waals surface area contributed by atoms with Crippen LogP contribution in [0.15, 0.2) is 47.1 Å². The molecule has 1 atom stereocenters. The first-order valence-electron chi connectivity index (χ1n) is 6.39. The lowest BCUT2D eigenvalue weighted by Crippen LogP contribution is -2.36. The van der Waals surface area contributed by atoms with Gasteiger partial charge in [-0.1, -0.05) is 12.1 Å². The standard InChI is InChI=1S/C15H18N2O2S/c1-11(12-5-3-6-13(9-12)18-2)17-15(20)16-10-14-7-4-8-19-14/h3-9,11H,10H2,1-2H3,(H2,16,17,20). The van der Waals surface area contributed by atoms with Crippen molar-refractivity contribution in [1.82, 2.24) is 10.6 Å². The lowest BCUT2D eigenvalue weighted by Gasteiger charge is -2.17. The van der Waals surface area contributed by atoms with Gasteiger partial charge in [0.2, 0.25) is 0 Å². The van der Waals surface area contributed by atoms with Gasteiger partial charge in [0.25, 0.3) is 0 Å². The Bertz CT molecular complexity index is 555. The number of benzene rings is 1. The van der Waals surface area contributed by atoms with Crippen LogP contribution in [0.1, 0.15) is 24.3 Å². The minimum Gasteiger partial charge on any atom is -0.497 e. The van der Waals surface area contributed by atoms with Crippen molar-refractivity contribution in [2.45, 2.75) is 19.5 Å². The van der Waals surface area contributed by atoms with Gasteiger partial charge in [0.05, 0.1) is 26.0 Å². The molecule has 0 saturated heterocycles. The van der Waals surface area contributed by atoms with E-state index < -0.39 is 0 Å². The summed E-state index contributed by atoms with van der Waals surface area (Å²) < 4.78 is 10.5. The molecule has 2 aromatic rings. The Labute approximate surface area is 124 Å². The third kappa shape index (κ3) is 3.99. The van der Waals surface area contributed by atoms with Crippen molar-refractivity contribution in [3.63, 3.8) is 0 Å². The van der Waals surface area contributed by atoms with Crippen molar-refractivity contribution >= 4 is 17.3 Å². The number of hydrogen-bond donors (Lipinski definition) is 2. The van der Waals surface area contributed by atoms with E-state index in [1.807, 2.05) is 36.4 Å². The molecule has 1 heterocycles. The van der Waals surface area contributed by atoms with E-state index >= 15 is 0 Å². The van der Waals surface area contributed by atoms with Gasteiger partial charge >= 0.3 is 0 Å². The van der Waals surface area contributed by atoms with Gasteiger partial charge in [-0.2, -0.15) is 0 Å². The Kier molecular flexibility index (Phi) is 5.01. The Balaban J connectivity index is 1.86. The first-order chi connectivity index (χ1) is 9.69. The SMILES string of the molecule is COc1cccc(C(C)NC(=S)NCc2ccco2)c1. The molecule has 1 aromatic heterocycles. The largest absolute Gasteiger partial charge is 0.497 e. The van der Waals surface area contributed by atoms with Gasteiger partial charge in [0.15, 0.2) is 5.11 Å². The Morgan fingerprint density at radius 1 is 1.35 bits per heavy atom. The number of furan rings is 1. The van der Waals surface area contributed by atoms with Crippen molar-refractivity contribution in [1.29, 1.82) is 0 Å². The van der Waals surface area contributed by atoms with Crippen molar-refractivity contribution in [2.24, 2.45) is 0 Å². The molecular weight excluding hydrogens is 272 g/mol. The van der Waals surface area contributed by atoms with Crippen LogP contribution >= 0.6 is 12.2 Å². The lowest BCUT2D eigenvalue weighted by molar-refractivity contribution is 0.413. The zero-order valence-corrected chi connectivity index (χ0v) is 12.4. The third-order valence-corrected chi connectivity index (χ3v) is 3.21. The molecule has 0 aliphatic carbocycles. The second-order valence-corrected chi connectivity index (χ2v) is 4.81. The molecule has 0 spiro atoms. The average Bonchev–Trinajstić information content (AvgIpc) is 2.98. The van der Waals surface area contributed by atoms with Crippen LogP contribution in [0.25, 0.3) is 0 Å². The van der Waals surface area contributed by atoms with E-state index in [1.165, 1.54) is 0 Å². The molecule has 5 heteroatoms. The maximum Gasteiger partial charge on any atom is 0.167 e. The van der Waals surface area contributed by atoms with Crippen molar-refractivity contribution in [3.05, 3.63) is 54.0 Å². The molecule has 2 N–H and O–H groups in total. The van der Waals surface area contributed by atoms with Crippen LogP contribution in [0.2, 0.25) is 0 Å². The second-order valence-electron chi connectivity index (χ2n) is 4.40.